The van der Waals surface area contributed by atoms with Gasteiger partial charge in [0.2, 0.25) is 0 Å². The van der Waals surface area contributed by atoms with Crippen molar-refractivity contribution in [1.29, 1.82) is 0 Å². The predicted octanol–water partition coefficient (Wildman–Crippen LogP) is 7.21. The Morgan fingerprint density at radius 3 is 1.39 bits per heavy atom. The molecule has 0 saturated carbocycles. The molecule has 0 aliphatic heterocycles. The van der Waals surface area contributed by atoms with Crippen molar-refractivity contribution >= 4 is 21.5 Å². The molecule has 6 heteroatoms. The molecule has 0 fully saturated rings. The van der Waals surface area contributed by atoms with E-state index in [-0.39, 0.29) is 5.75 Å². The normalized spacial score (nSPS) is 11.1. The number of ether oxygens (including phenoxy) is 2. The highest BCUT2D eigenvalue weighted by Crippen LogP contribution is 2.38. The zero-order valence-electron chi connectivity index (χ0n) is 21.3. The summed E-state index contributed by atoms with van der Waals surface area (Å²) in [6, 6.07) is 29.3. The van der Waals surface area contributed by atoms with Crippen LogP contribution >= 0.6 is 0 Å². The van der Waals surface area contributed by atoms with Crippen molar-refractivity contribution in [2.45, 2.75) is 6.92 Å². The van der Waals surface area contributed by atoms with E-state index in [0.29, 0.717) is 23.0 Å². The van der Waals surface area contributed by atoms with Crippen LogP contribution in [-0.2, 0) is 0 Å². The number of nitrogens with zero attached hydrogens (tertiary/aromatic N) is 3. The summed E-state index contributed by atoms with van der Waals surface area (Å²) in [6.45, 7) is 1.93. The van der Waals surface area contributed by atoms with E-state index in [0.717, 1.165) is 49.7 Å². The Labute approximate surface area is 220 Å². The van der Waals surface area contributed by atoms with Gasteiger partial charge in [-0.1, -0.05) is 54.6 Å². The minimum Gasteiger partial charge on any atom is -0.507 e. The van der Waals surface area contributed by atoms with Crippen LogP contribution in [0.3, 0.4) is 0 Å². The van der Waals surface area contributed by atoms with Gasteiger partial charge in [0.25, 0.3) is 0 Å². The Balaban J connectivity index is 1.66. The minimum absolute atomic E-state index is 0.118. The number of phenolic OH excluding ortho intramolecular Hbond substituents is 1. The van der Waals surface area contributed by atoms with E-state index in [4.69, 9.17) is 24.4 Å². The fourth-order valence-corrected chi connectivity index (χ4v) is 4.86. The van der Waals surface area contributed by atoms with Gasteiger partial charge in [0, 0.05) is 21.9 Å². The molecule has 1 heterocycles. The molecule has 0 spiro atoms. The van der Waals surface area contributed by atoms with E-state index in [1.165, 1.54) is 0 Å². The molecular weight excluding hydrogens is 474 g/mol. The molecule has 1 aromatic heterocycles. The fraction of sp³-hybridized carbons (Fsp3) is 0.0938. The van der Waals surface area contributed by atoms with Gasteiger partial charge in [-0.2, -0.15) is 0 Å². The highest BCUT2D eigenvalue weighted by molar-refractivity contribution is 6.01. The summed E-state index contributed by atoms with van der Waals surface area (Å²) in [5.74, 6) is 3.06. The second-order valence-electron chi connectivity index (χ2n) is 9.05. The first kappa shape index (κ1) is 23.4. The van der Waals surface area contributed by atoms with Gasteiger partial charge < -0.3 is 14.6 Å². The second-order valence-corrected chi connectivity index (χ2v) is 9.05. The van der Waals surface area contributed by atoms with Crippen LogP contribution < -0.4 is 9.47 Å². The molecule has 0 aliphatic rings. The Morgan fingerprint density at radius 1 is 0.526 bits per heavy atom. The Hall–Kier alpha value is -4.97. The Bertz CT molecular complexity index is 1730. The minimum atomic E-state index is 0.118. The Kier molecular flexibility index (Phi) is 5.85. The van der Waals surface area contributed by atoms with Crippen LogP contribution in [0.4, 0.5) is 0 Å². The van der Waals surface area contributed by atoms with Gasteiger partial charge in [-0.05, 0) is 59.7 Å². The summed E-state index contributed by atoms with van der Waals surface area (Å²) >= 11 is 0. The fourth-order valence-electron chi connectivity index (χ4n) is 4.86. The molecule has 0 aliphatic carbocycles. The molecule has 0 bridgehead atoms. The van der Waals surface area contributed by atoms with Gasteiger partial charge in [0.05, 0.1) is 19.8 Å². The molecule has 0 radical (unpaired) electrons. The lowest BCUT2D eigenvalue weighted by molar-refractivity contribution is 0.420. The van der Waals surface area contributed by atoms with E-state index in [1.54, 1.807) is 20.3 Å². The van der Waals surface area contributed by atoms with Gasteiger partial charge in [-0.25, -0.2) is 15.0 Å². The van der Waals surface area contributed by atoms with Crippen molar-refractivity contribution in [3.63, 3.8) is 0 Å². The number of benzene rings is 5. The number of methoxy groups -OCH3 is 2. The monoisotopic (exact) mass is 499 g/mol. The van der Waals surface area contributed by atoms with E-state index < -0.39 is 0 Å². The van der Waals surface area contributed by atoms with Crippen LogP contribution in [0, 0.1) is 6.92 Å². The van der Waals surface area contributed by atoms with Crippen molar-refractivity contribution in [1.82, 2.24) is 15.0 Å². The molecule has 6 rings (SSSR count). The van der Waals surface area contributed by atoms with Crippen molar-refractivity contribution in [3.8, 4) is 51.4 Å². The van der Waals surface area contributed by atoms with Crippen molar-refractivity contribution < 1.29 is 14.6 Å². The molecule has 38 heavy (non-hydrogen) atoms. The van der Waals surface area contributed by atoms with E-state index in [9.17, 15) is 5.11 Å². The third kappa shape index (κ3) is 3.96. The molecule has 0 atom stereocenters. The van der Waals surface area contributed by atoms with Crippen LogP contribution in [0.1, 0.15) is 5.56 Å². The number of aromatic hydroxyl groups is 1. The molecule has 0 saturated heterocycles. The first-order valence-corrected chi connectivity index (χ1v) is 12.3. The molecular formula is C32H25N3O3. The number of phenols is 1. The number of rotatable bonds is 5. The summed E-state index contributed by atoms with van der Waals surface area (Å²) in [5.41, 5.74) is 3.17. The zero-order chi connectivity index (χ0) is 26.2. The maximum absolute atomic E-state index is 10.8. The molecule has 0 unspecified atom stereocenters. The predicted molar refractivity (Wildman–Crippen MR) is 151 cm³/mol. The van der Waals surface area contributed by atoms with Gasteiger partial charge in [-0.3, -0.25) is 0 Å². The van der Waals surface area contributed by atoms with E-state index in [1.807, 2.05) is 91.9 Å². The largest absolute Gasteiger partial charge is 0.507 e. The standard InChI is InChI=1S/C32H25N3O3/c1-19-12-13-26(27(36)18-19)32-34-30(24-14-16-28(37-2)22-10-6-4-8-20(22)24)33-31(35-32)25-15-17-29(38-3)23-11-7-5-9-21(23)25/h4-18,36H,1-3H3. The van der Waals surface area contributed by atoms with Crippen LogP contribution in [0.15, 0.2) is 91.0 Å². The second kappa shape index (κ2) is 9.48. The smallest absolute Gasteiger partial charge is 0.167 e. The number of hydrogen-bond acceptors (Lipinski definition) is 6. The van der Waals surface area contributed by atoms with Crippen LogP contribution in [0.2, 0.25) is 0 Å². The summed E-state index contributed by atoms with van der Waals surface area (Å²) in [5, 5.41) is 14.7. The van der Waals surface area contributed by atoms with Crippen LogP contribution in [-0.4, -0.2) is 34.3 Å². The highest BCUT2D eigenvalue weighted by atomic mass is 16.5. The van der Waals surface area contributed by atoms with Crippen molar-refractivity contribution in [2.24, 2.45) is 0 Å². The number of fused-ring (bicyclic) bond motifs is 2. The lowest BCUT2D eigenvalue weighted by Crippen LogP contribution is -2.01. The summed E-state index contributed by atoms with van der Waals surface area (Å²) in [7, 11) is 3.32. The lowest BCUT2D eigenvalue weighted by atomic mass is 10.0. The van der Waals surface area contributed by atoms with Crippen LogP contribution in [0.5, 0.6) is 17.2 Å². The van der Waals surface area contributed by atoms with Gasteiger partial charge in [0.15, 0.2) is 17.5 Å². The first-order chi connectivity index (χ1) is 18.6. The average Bonchev–Trinajstić information content (AvgIpc) is 2.95. The molecule has 0 amide bonds. The quantitative estimate of drug-likeness (QED) is 0.270. The SMILES string of the molecule is COc1ccc(-c2nc(-c3ccc(C)cc3O)nc(-c3ccc(OC)c4ccccc34)n2)c2ccccc12. The number of hydrogen-bond donors (Lipinski definition) is 1. The van der Waals surface area contributed by atoms with Crippen molar-refractivity contribution in [2.75, 3.05) is 14.2 Å². The molecule has 6 aromatic rings. The molecule has 5 aromatic carbocycles. The third-order valence-electron chi connectivity index (χ3n) is 6.72. The van der Waals surface area contributed by atoms with Gasteiger partial charge in [0.1, 0.15) is 17.2 Å². The van der Waals surface area contributed by atoms with E-state index >= 15 is 0 Å². The topological polar surface area (TPSA) is 77.4 Å². The molecule has 6 nitrogen and oxygen atoms in total. The van der Waals surface area contributed by atoms with Crippen molar-refractivity contribution in [3.05, 3.63) is 96.6 Å². The summed E-state index contributed by atoms with van der Waals surface area (Å²) in [6.07, 6.45) is 0. The van der Waals surface area contributed by atoms with Gasteiger partial charge >= 0.3 is 0 Å². The van der Waals surface area contributed by atoms with E-state index in [2.05, 4.69) is 0 Å². The molecule has 1 N–H and O–H groups in total. The first-order valence-electron chi connectivity index (χ1n) is 12.3. The summed E-state index contributed by atoms with van der Waals surface area (Å²) < 4.78 is 11.2. The maximum Gasteiger partial charge on any atom is 0.167 e. The third-order valence-corrected chi connectivity index (χ3v) is 6.72. The Morgan fingerprint density at radius 2 is 0.947 bits per heavy atom. The molecule has 186 valence electrons. The average molecular weight is 500 g/mol. The number of aryl methyl sites for hydroxylation is 1. The maximum atomic E-state index is 10.8. The summed E-state index contributed by atoms with van der Waals surface area (Å²) in [4.78, 5) is 14.7. The van der Waals surface area contributed by atoms with Crippen LogP contribution in [0.25, 0.3) is 55.7 Å². The van der Waals surface area contributed by atoms with Gasteiger partial charge in [-0.15, -0.1) is 0 Å². The number of aromatic nitrogens is 3. The highest BCUT2D eigenvalue weighted by Gasteiger charge is 2.19. The zero-order valence-corrected chi connectivity index (χ0v) is 21.3. The lowest BCUT2D eigenvalue weighted by Gasteiger charge is -2.14.